The van der Waals surface area contributed by atoms with Crippen molar-refractivity contribution in [1.82, 2.24) is 0 Å². The zero-order valence-electron chi connectivity index (χ0n) is 14.6. The third kappa shape index (κ3) is 2.14. The summed E-state index contributed by atoms with van der Waals surface area (Å²) in [5, 5.41) is 0. The van der Waals surface area contributed by atoms with Crippen LogP contribution < -0.4 is 0 Å². The summed E-state index contributed by atoms with van der Waals surface area (Å²) in [6.45, 7) is 5.40. The van der Waals surface area contributed by atoms with Crippen molar-refractivity contribution in [3.63, 3.8) is 0 Å². The Labute approximate surface area is 139 Å². The van der Waals surface area contributed by atoms with Crippen molar-refractivity contribution in [2.24, 2.45) is 34.5 Å². The molecule has 0 aromatic carbocycles. The van der Waals surface area contributed by atoms with E-state index in [1.807, 2.05) is 0 Å². The lowest BCUT2D eigenvalue weighted by Crippen LogP contribution is -2.54. The van der Waals surface area contributed by atoms with Crippen molar-refractivity contribution in [2.75, 3.05) is 0 Å². The lowest BCUT2D eigenvalue weighted by atomic mass is 9.45. The Morgan fingerprint density at radius 3 is 2.65 bits per heavy atom. The summed E-state index contributed by atoms with van der Waals surface area (Å²) in [4.78, 5) is 23.1. The van der Waals surface area contributed by atoms with Crippen molar-refractivity contribution in [2.45, 2.75) is 77.7 Å². The normalized spacial score (nSPS) is 52.3. The molecule has 3 nitrogen and oxygen atoms in total. The molecule has 0 amide bonds. The molecule has 0 N–H and O–H groups in total. The fourth-order valence-electron chi connectivity index (χ4n) is 7.19. The predicted molar refractivity (Wildman–Crippen MR) is 87.7 cm³/mol. The zero-order chi connectivity index (χ0) is 16.2. The summed E-state index contributed by atoms with van der Waals surface area (Å²) in [6.07, 6.45) is 10.2. The van der Waals surface area contributed by atoms with Crippen molar-refractivity contribution in [1.29, 1.82) is 0 Å². The Hall–Kier alpha value is -0.860. The number of fused-ring (bicyclic) bond motifs is 5. The Balaban J connectivity index is 1.57. The second-order valence-electron chi connectivity index (χ2n) is 9.20. The van der Waals surface area contributed by atoms with Crippen LogP contribution in [-0.4, -0.2) is 18.4 Å². The molecule has 23 heavy (non-hydrogen) atoms. The molecule has 128 valence electrons. The Morgan fingerprint density at radius 2 is 1.87 bits per heavy atom. The number of carbonyl (C=O) groups excluding carboxylic acids is 2. The average molecular weight is 318 g/mol. The van der Waals surface area contributed by atoms with Crippen molar-refractivity contribution in [3.05, 3.63) is 0 Å². The molecule has 4 fully saturated rings. The van der Waals surface area contributed by atoms with Gasteiger partial charge < -0.3 is 4.74 Å². The van der Waals surface area contributed by atoms with Crippen LogP contribution in [0, 0.1) is 34.5 Å². The molecule has 4 saturated carbocycles. The molecule has 4 aliphatic rings. The highest BCUT2D eigenvalue weighted by atomic mass is 16.5. The molecule has 0 aromatic heterocycles. The fraction of sp³-hybridized carbons (Fsp3) is 0.900. The van der Waals surface area contributed by atoms with Crippen LogP contribution in [0.3, 0.4) is 0 Å². The molecule has 7 atom stereocenters. The number of ether oxygens (including phenoxy) is 1. The zero-order valence-corrected chi connectivity index (χ0v) is 14.6. The second-order valence-corrected chi connectivity index (χ2v) is 9.20. The lowest BCUT2D eigenvalue weighted by Gasteiger charge is -2.60. The highest BCUT2D eigenvalue weighted by Gasteiger charge is 2.60. The van der Waals surface area contributed by atoms with E-state index < -0.39 is 0 Å². The van der Waals surface area contributed by atoms with Crippen molar-refractivity contribution in [3.8, 4) is 0 Å². The van der Waals surface area contributed by atoms with Gasteiger partial charge in [0.25, 0.3) is 6.47 Å². The smallest absolute Gasteiger partial charge is 0.293 e. The van der Waals surface area contributed by atoms with Gasteiger partial charge in [0, 0.05) is 11.8 Å². The first-order valence-corrected chi connectivity index (χ1v) is 9.61. The quantitative estimate of drug-likeness (QED) is 0.719. The highest BCUT2D eigenvalue weighted by molar-refractivity contribution is 5.87. The van der Waals surface area contributed by atoms with E-state index >= 15 is 0 Å². The summed E-state index contributed by atoms with van der Waals surface area (Å²) in [7, 11) is 0. The molecular formula is C20H30O3. The topological polar surface area (TPSA) is 43.4 Å². The third-order valence-electron chi connectivity index (χ3n) is 8.57. The SMILES string of the molecule is C[C@]12CCC(OC=O)C[C@@H]1CC[C@@H]1[C@@H]2CC[C@]2(C)C(=O)CC[C@@H]12. The van der Waals surface area contributed by atoms with Crippen molar-refractivity contribution < 1.29 is 14.3 Å². The van der Waals surface area contributed by atoms with Crippen molar-refractivity contribution >= 4 is 12.3 Å². The minimum atomic E-state index is -0.0117. The van der Waals surface area contributed by atoms with Crippen LogP contribution in [0.4, 0.5) is 0 Å². The molecule has 0 saturated heterocycles. The molecule has 0 aromatic rings. The monoisotopic (exact) mass is 318 g/mol. The molecular weight excluding hydrogens is 288 g/mol. The van der Waals surface area contributed by atoms with Crippen LogP contribution in [0.15, 0.2) is 0 Å². The molecule has 0 aliphatic heterocycles. The second kappa shape index (κ2) is 5.32. The maximum atomic E-state index is 12.4. The third-order valence-corrected chi connectivity index (χ3v) is 8.57. The molecule has 4 rings (SSSR count). The van der Waals surface area contributed by atoms with Crippen LogP contribution >= 0.6 is 0 Å². The minimum absolute atomic E-state index is 0.0117. The Bertz CT molecular complexity index is 515. The minimum Gasteiger partial charge on any atom is -0.465 e. The Morgan fingerprint density at radius 1 is 1.04 bits per heavy atom. The van der Waals surface area contributed by atoms with Crippen LogP contribution in [0.2, 0.25) is 0 Å². The lowest BCUT2D eigenvalue weighted by molar-refractivity contribution is -0.151. The van der Waals surface area contributed by atoms with E-state index in [9.17, 15) is 9.59 Å². The maximum absolute atomic E-state index is 12.4. The van der Waals surface area contributed by atoms with Gasteiger partial charge in [-0.3, -0.25) is 9.59 Å². The number of rotatable bonds is 2. The van der Waals surface area contributed by atoms with Crippen LogP contribution in [0.25, 0.3) is 0 Å². The first kappa shape index (κ1) is 15.7. The van der Waals surface area contributed by atoms with Gasteiger partial charge in [0.05, 0.1) is 0 Å². The standard InChI is InChI=1S/C20H30O3/c1-19-9-7-14(23-12-21)11-13(19)3-4-15-16-5-6-18(22)20(16,2)10-8-17(15)19/h12-17H,3-11H2,1-2H3/t13-,14?,15-,16-,17-,19-,20-/m0/s1. The largest absolute Gasteiger partial charge is 0.465 e. The first-order valence-electron chi connectivity index (χ1n) is 9.61. The van der Waals surface area contributed by atoms with Crippen LogP contribution in [0.1, 0.15) is 71.6 Å². The number of ketones is 1. The van der Waals surface area contributed by atoms with E-state index in [4.69, 9.17) is 4.74 Å². The average Bonchev–Trinajstić information content (AvgIpc) is 2.84. The Kier molecular flexibility index (Phi) is 3.62. The van der Waals surface area contributed by atoms with Gasteiger partial charge in [-0.25, -0.2) is 0 Å². The maximum Gasteiger partial charge on any atom is 0.293 e. The summed E-state index contributed by atoms with van der Waals surface area (Å²) < 4.78 is 5.29. The van der Waals surface area contributed by atoms with Gasteiger partial charge in [0.15, 0.2) is 0 Å². The predicted octanol–water partition coefficient (Wildman–Crippen LogP) is 4.14. The van der Waals surface area contributed by atoms with Crippen LogP contribution in [0.5, 0.6) is 0 Å². The first-order chi connectivity index (χ1) is 11.0. The van der Waals surface area contributed by atoms with Gasteiger partial charge in [0.2, 0.25) is 0 Å². The van der Waals surface area contributed by atoms with E-state index in [1.54, 1.807) is 0 Å². The summed E-state index contributed by atoms with van der Waals surface area (Å²) >= 11 is 0. The fourth-order valence-corrected chi connectivity index (χ4v) is 7.19. The highest BCUT2D eigenvalue weighted by Crippen LogP contribution is 2.65. The van der Waals surface area contributed by atoms with Gasteiger partial charge in [-0.1, -0.05) is 13.8 Å². The van der Waals surface area contributed by atoms with E-state index in [-0.39, 0.29) is 11.5 Å². The number of carbonyl (C=O) groups is 2. The number of hydrogen-bond acceptors (Lipinski definition) is 3. The van der Waals surface area contributed by atoms with E-state index in [0.29, 0.717) is 29.5 Å². The summed E-state index contributed by atoms with van der Waals surface area (Å²) in [5.41, 5.74) is 0.390. The van der Waals surface area contributed by atoms with Crippen LogP contribution in [-0.2, 0) is 14.3 Å². The molecule has 0 spiro atoms. The van der Waals surface area contributed by atoms with Gasteiger partial charge in [-0.05, 0) is 80.5 Å². The molecule has 3 heteroatoms. The van der Waals surface area contributed by atoms with Gasteiger partial charge in [-0.2, -0.15) is 0 Å². The number of Topliss-reactive ketones (excluding diaryl/α,β-unsaturated/α-hetero) is 1. The number of hydrogen-bond donors (Lipinski definition) is 0. The van der Waals surface area contributed by atoms with Gasteiger partial charge >= 0.3 is 0 Å². The molecule has 4 aliphatic carbocycles. The van der Waals surface area contributed by atoms with Gasteiger partial charge in [0.1, 0.15) is 11.9 Å². The summed E-state index contributed by atoms with van der Waals surface area (Å²) in [6, 6.07) is 0. The molecule has 0 heterocycles. The van der Waals surface area contributed by atoms with E-state index in [0.717, 1.165) is 43.9 Å². The van der Waals surface area contributed by atoms with Gasteiger partial charge in [-0.15, -0.1) is 0 Å². The summed E-state index contributed by atoms with van der Waals surface area (Å²) in [5.74, 6) is 3.41. The molecule has 0 radical (unpaired) electrons. The molecule has 0 bridgehead atoms. The van der Waals surface area contributed by atoms with E-state index in [1.165, 1.54) is 25.7 Å². The van der Waals surface area contributed by atoms with E-state index in [2.05, 4.69) is 13.8 Å². The molecule has 1 unspecified atom stereocenters.